The fourth-order valence-electron chi connectivity index (χ4n) is 3.04. The molecule has 122 valence electrons. The molecule has 5 heteroatoms. The Morgan fingerprint density at radius 2 is 2.00 bits per heavy atom. The van der Waals surface area contributed by atoms with E-state index in [1.54, 1.807) is 6.20 Å². The number of benzene rings is 1. The first kappa shape index (κ1) is 15.7. The third-order valence-electron chi connectivity index (χ3n) is 4.50. The van der Waals surface area contributed by atoms with Crippen LogP contribution in [0.3, 0.4) is 0 Å². The average Bonchev–Trinajstić information content (AvgIpc) is 3.07. The van der Waals surface area contributed by atoms with Crippen LogP contribution in [0.5, 0.6) is 0 Å². The summed E-state index contributed by atoms with van der Waals surface area (Å²) >= 11 is 0. The quantitative estimate of drug-likeness (QED) is 0.814. The van der Waals surface area contributed by atoms with Crippen molar-refractivity contribution in [2.45, 2.75) is 25.9 Å². The Kier molecular flexibility index (Phi) is 5.08. The highest BCUT2D eigenvalue weighted by Crippen LogP contribution is 2.10. The van der Waals surface area contributed by atoms with Crippen LogP contribution in [-0.2, 0) is 17.8 Å². The van der Waals surface area contributed by atoms with Crippen molar-refractivity contribution < 1.29 is 4.79 Å². The van der Waals surface area contributed by atoms with Gasteiger partial charge in [-0.05, 0) is 25.0 Å². The lowest BCUT2D eigenvalue weighted by molar-refractivity contribution is -0.137. The Balaban J connectivity index is 1.48. The Morgan fingerprint density at radius 1 is 1.17 bits per heavy atom. The van der Waals surface area contributed by atoms with Gasteiger partial charge in [-0.3, -0.25) is 14.4 Å². The fraction of sp³-hybridized carbons (Fsp3) is 0.444. The summed E-state index contributed by atoms with van der Waals surface area (Å²) < 4.78 is 1.93. The van der Waals surface area contributed by atoms with Crippen molar-refractivity contribution in [1.82, 2.24) is 19.6 Å². The van der Waals surface area contributed by atoms with Crippen molar-refractivity contribution in [3.05, 3.63) is 54.4 Å². The molecule has 2 heterocycles. The van der Waals surface area contributed by atoms with E-state index in [1.165, 1.54) is 5.56 Å². The lowest BCUT2D eigenvalue weighted by atomic mass is 10.1. The zero-order valence-corrected chi connectivity index (χ0v) is 13.6. The Labute approximate surface area is 137 Å². The van der Waals surface area contributed by atoms with Crippen LogP contribution >= 0.6 is 0 Å². The van der Waals surface area contributed by atoms with Crippen molar-refractivity contribution in [3.63, 3.8) is 0 Å². The number of nitrogens with zero attached hydrogens (tertiary/aromatic N) is 4. The van der Waals surface area contributed by atoms with Crippen LogP contribution in [0.4, 0.5) is 0 Å². The van der Waals surface area contributed by atoms with Gasteiger partial charge in [0.05, 0.1) is 13.1 Å². The van der Waals surface area contributed by atoms with Crippen LogP contribution in [0.15, 0.2) is 48.8 Å². The average molecular weight is 312 g/mol. The number of amides is 1. The van der Waals surface area contributed by atoms with Gasteiger partial charge >= 0.3 is 0 Å². The normalized spacial score (nSPS) is 17.4. The molecule has 1 unspecified atom stereocenters. The molecule has 0 saturated carbocycles. The van der Waals surface area contributed by atoms with Crippen molar-refractivity contribution >= 4 is 5.91 Å². The first-order chi connectivity index (χ1) is 11.2. The van der Waals surface area contributed by atoms with Crippen molar-refractivity contribution in [2.75, 3.05) is 26.2 Å². The molecule has 1 saturated heterocycles. The molecule has 2 aromatic rings. The minimum absolute atomic E-state index is 0.236. The Morgan fingerprint density at radius 3 is 2.70 bits per heavy atom. The summed E-state index contributed by atoms with van der Waals surface area (Å²) in [5.74, 6) is 0.236. The number of carbonyl (C=O) groups is 1. The largest absolute Gasteiger partial charge is 0.340 e. The molecule has 1 atom stereocenters. The molecule has 1 aromatic heterocycles. The molecule has 1 aromatic carbocycles. The number of hydrogen-bond acceptors (Lipinski definition) is 3. The van der Waals surface area contributed by atoms with E-state index in [4.69, 9.17) is 0 Å². The van der Waals surface area contributed by atoms with E-state index in [0.29, 0.717) is 12.6 Å². The first-order valence-electron chi connectivity index (χ1n) is 8.25. The zero-order valence-electron chi connectivity index (χ0n) is 13.6. The Bertz CT molecular complexity index is 611. The monoisotopic (exact) mass is 312 g/mol. The molecule has 0 spiro atoms. The van der Waals surface area contributed by atoms with Crippen molar-refractivity contribution in [2.24, 2.45) is 0 Å². The van der Waals surface area contributed by atoms with Gasteiger partial charge in [0.25, 0.3) is 0 Å². The van der Waals surface area contributed by atoms with E-state index in [9.17, 15) is 4.79 Å². The molecule has 0 bridgehead atoms. The highest BCUT2D eigenvalue weighted by Gasteiger charge is 2.26. The van der Waals surface area contributed by atoms with Crippen LogP contribution in [0.25, 0.3) is 0 Å². The van der Waals surface area contributed by atoms with Gasteiger partial charge in [0.2, 0.25) is 5.91 Å². The number of hydrogen-bond donors (Lipinski definition) is 0. The molecule has 1 aliphatic rings. The SMILES string of the molecule is CC(Cn1cccn1)N1CCN(CCc2ccccc2)C(=O)C1. The fourth-order valence-corrected chi connectivity index (χ4v) is 3.04. The predicted octanol–water partition coefficient (Wildman–Crippen LogP) is 1.66. The number of carbonyl (C=O) groups excluding carboxylic acids is 1. The van der Waals surface area contributed by atoms with Gasteiger partial charge in [0.15, 0.2) is 0 Å². The third kappa shape index (κ3) is 4.20. The molecule has 0 N–H and O–H groups in total. The van der Waals surface area contributed by atoms with Crippen molar-refractivity contribution in [1.29, 1.82) is 0 Å². The van der Waals surface area contributed by atoms with E-state index in [2.05, 4.69) is 29.1 Å². The lowest BCUT2D eigenvalue weighted by Gasteiger charge is -2.37. The highest BCUT2D eigenvalue weighted by atomic mass is 16.2. The molecule has 3 rings (SSSR count). The molecule has 1 aliphatic heterocycles. The van der Waals surface area contributed by atoms with Gasteiger partial charge in [-0.15, -0.1) is 0 Å². The summed E-state index contributed by atoms with van der Waals surface area (Å²) in [6.07, 6.45) is 4.68. The predicted molar refractivity (Wildman–Crippen MR) is 90.0 cm³/mol. The summed E-state index contributed by atoms with van der Waals surface area (Å²) in [6, 6.07) is 12.6. The molecule has 23 heavy (non-hydrogen) atoms. The van der Waals surface area contributed by atoms with E-state index < -0.39 is 0 Å². The van der Waals surface area contributed by atoms with Gasteiger partial charge in [-0.1, -0.05) is 30.3 Å². The third-order valence-corrected chi connectivity index (χ3v) is 4.50. The second-order valence-electron chi connectivity index (χ2n) is 6.16. The van der Waals surface area contributed by atoms with Crippen LogP contribution in [0, 0.1) is 0 Å². The molecular weight excluding hydrogens is 288 g/mol. The minimum Gasteiger partial charge on any atom is -0.340 e. The molecule has 5 nitrogen and oxygen atoms in total. The maximum atomic E-state index is 12.4. The Hall–Kier alpha value is -2.14. The van der Waals surface area contributed by atoms with Gasteiger partial charge in [0, 0.05) is 38.1 Å². The number of aromatic nitrogens is 2. The van der Waals surface area contributed by atoms with E-state index >= 15 is 0 Å². The van der Waals surface area contributed by atoms with E-state index in [0.717, 1.165) is 32.6 Å². The van der Waals surface area contributed by atoms with Gasteiger partial charge in [-0.25, -0.2) is 0 Å². The molecular formula is C18H24N4O. The summed E-state index contributed by atoms with van der Waals surface area (Å²) in [4.78, 5) is 16.6. The molecule has 1 fully saturated rings. The van der Waals surface area contributed by atoms with Crippen LogP contribution in [0.2, 0.25) is 0 Å². The summed E-state index contributed by atoms with van der Waals surface area (Å²) in [6.45, 7) is 6.05. The number of rotatable bonds is 6. The standard InChI is InChI=1S/C18H24N4O/c1-16(14-22-10-5-9-19-22)21-13-12-20(18(23)15-21)11-8-17-6-3-2-4-7-17/h2-7,9-10,16H,8,11-15H2,1H3. The van der Waals surface area contributed by atoms with E-state index in [1.807, 2.05) is 40.0 Å². The van der Waals surface area contributed by atoms with Gasteiger partial charge < -0.3 is 4.90 Å². The maximum absolute atomic E-state index is 12.4. The number of piperazine rings is 1. The zero-order chi connectivity index (χ0) is 16.1. The highest BCUT2D eigenvalue weighted by molar-refractivity contribution is 5.79. The molecule has 0 radical (unpaired) electrons. The molecule has 0 aliphatic carbocycles. The molecule has 1 amide bonds. The smallest absolute Gasteiger partial charge is 0.236 e. The lowest BCUT2D eigenvalue weighted by Crippen LogP contribution is -2.54. The topological polar surface area (TPSA) is 41.4 Å². The maximum Gasteiger partial charge on any atom is 0.236 e. The summed E-state index contributed by atoms with van der Waals surface area (Å²) in [5, 5.41) is 4.24. The van der Waals surface area contributed by atoms with Crippen molar-refractivity contribution in [3.8, 4) is 0 Å². The second-order valence-corrected chi connectivity index (χ2v) is 6.16. The van der Waals surface area contributed by atoms with Crippen LogP contribution in [0.1, 0.15) is 12.5 Å². The second kappa shape index (κ2) is 7.42. The van der Waals surface area contributed by atoms with Gasteiger partial charge in [0.1, 0.15) is 0 Å². The van der Waals surface area contributed by atoms with Gasteiger partial charge in [-0.2, -0.15) is 5.10 Å². The minimum atomic E-state index is 0.236. The van der Waals surface area contributed by atoms with Crippen LogP contribution < -0.4 is 0 Å². The summed E-state index contributed by atoms with van der Waals surface area (Å²) in [5.41, 5.74) is 1.29. The summed E-state index contributed by atoms with van der Waals surface area (Å²) in [7, 11) is 0. The van der Waals surface area contributed by atoms with Crippen LogP contribution in [-0.4, -0.2) is 57.7 Å². The first-order valence-corrected chi connectivity index (χ1v) is 8.25. The van der Waals surface area contributed by atoms with E-state index in [-0.39, 0.29) is 5.91 Å².